The van der Waals surface area contributed by atoms with Crippen LogP contribution in [0.5, 0.6) is 0 Å². The van der Waals surface area contributed by atoms with Gasteiger partial charge >= 0.3 is 0 Å². The summed E-state index contributed by atoms with van der Waals surface area (Å²) in [7, 11) is 0. The molecule has 0 bridgehead atoms. The molecule has 4 aromatic rings. The van der Waals surface area contributed by atoms with Crippen molar-refractivity contribution in [1.82, 2.24) is 10.3 Å². The van der Waals surface area contributed by atoms with Crippen LogP contribution in [-0.2, 0) is 9.59 Å². The number of anilines is 2. The number of aromatic nitrogens is 1. The van der Waals surface area contributed by atoms with Crippen molar-refractivity contribution >= 4 is 58.7 Å². The highest BCUT2D eigenvalue weighted by Gasteiger charge is 2.16. The molecule has 3 N–H and O–H groups in total. The molecule has 0 fully saturated rings. The molecule has 0 unspecified atom stereocenters. The number of rotatable bonds is 9. The number of carbonyl (C=O) groups is 3. The van der Waals surface area contributed by atoms with Crippen molar-refractivity contribution in [2.45, 2.75) is 4.90 Å². The van der Waals surface area contributed by atoms with E-state index in [4.69, 9.17) is 11.6 Å². The Morgan fingerprint density at radius 3 is 2.24 bits per heavy atom. The molecule has 9 heteroatoms. The van der Waals surface area contributed by atoms with E-state index in [9.17, 15) is 14.4 Å². The van der Waals surface area contributed by atoms with Gasteiger partial charge < -0.3 is 16.0 Å². The van der Waals surface area contributed by atoms with Gasteiger partial charge in [0.25, 0.3) is 11.8 Å². The predicted octanol–water partition coefficient (Wildman–Crippen LogP) is 5.88. The highest BCUT2D eigenvalue weighted by atomic mass is 35.5. The molecule has 0 aliphatic heterocycles. The van der Waals surface area contributed by atoms with Gasteiger partial charge in [0, 0.05) is 27.4 Å². The van der Waals surface area contributed by atoms with Crippen LogP contribution in [0.3, 0.4) is 0 Å². The van der Waals surface area contributed by atoms with Crippen molar-refractivity contribution in [2.24, 2.45) is 0 Å². The summed E-state index contributed by atoms with van der Waals surface area (Å²) in [4.78, 5) is 43.0. The fraction of sp³-hybridized carbons (Fsp3) is 0.0345. The highest BCUT2D eigenvalue weighted by molar-refractivity contribution is 8.00. The lowest BCUT2D eigenvalue weighted by atomic mass is 10.1. The number of benzene rings is 3. The number of pyridine rings is 1. The Morgan fingerprint density at radius 1 is 0.816 bits per heavy atom. The summed E-state index contributed by atoms with van der Waals surface area (Å²) < 4.78 is 0. The van der Waals surface area contributed by atoms with E-state index in [0.29, 0.717) is 27.7 Å². The number of nitrogens with zero attached hydrogens (tertiary/aromatic N) is 1. The van der Waals surface area contributed by atoms with Crippen LogP contribution < -0.4 is 16.0 Å². The average molecular weight is 543 g/mol. The molecule has 38 heavy (non-hydrogen) atoms. The minimum atomic E-state index is -0.510. The minimum absolute atomic E-state index is 0.0385. The van der Waals surface area contributed by atoms with Crippen LogP contribution >= 0.6 is 23.4 Å². The summed E-state index contributed by atoms with van der Waals surface area (Å²) >= 11 is 7.63. The topological polar surface area (TPSA) is 100 Å². The van der Waals surface area contributed by atoms with Crippen LogP contribution in [0.25, 0.3) is 6.08 Å². The van der Waals surface area contributed by atoms with E-state index in [0.717, 1.165) is 4.90 Å². The molecular formula is C29H23ClN4O3S. The number of halogens is 1. The smallest absolute Gasteiger partial charge is 0.272 e. The van der Waals surface area contributed by atoms with Gasteiger partial charge in [-0.2, -0.15) is 0 Å². The third-order valence-corrected chi connectivity index (χ3v) is 6.50. The summed E-state index contributed by atoms with van der Waals surface area (Å²) in [5, 5.41) is 8.67. The molecule has 0 aliphatic carbocycles. The fourth-order valence-electron chi connectivity index (χ4n) is 3.29. The molecule has 1 heterocycles. The number of thioether (sulfide) groups is 1. The quantitative estimate of drug-likeness (QED) is 0.181. The zero-order chi connectivity index (χ0) is 26.7. The van der Waals surface area contributed by atoms with Crippen LogP contribution in [0, 0.1) is 0 Å². The monoisotopic (exact) mass is 542 g/mol. The summed E-state index contributed by atoms with van der Waals surface area (Å²) in [6, 6.07) is 28.0. The van der Waals surface area contributed by atoms with Crippen LogP contribution in [0.15, 0.2) is 114 Å². The first-order valence-electron chi connectivity index (χ1n) is 11.6. The van der Waals surface area contributed by atoms with Gasteiger partial charge in [0.05, 0.1) is 5.75 Å². The van der Waals surface area contributed by atoms with Gasteiger partial charge in [-0.05, 0) is 66.2 Å². The third kappa shape index (κ3) is 7.80. The molecule has 3 aromatic carbocycles. The van der Waals surface area contributed by atoms with Crippen molar-refractivity contribution in [3.8, 4) is 0 Å². The first kappa shape index (κ1) is 26.7. The molecule has 4 rings (SSSR count). The Bertz CT molecular complexity index is 1450. The maximum Gasteiger partial charge on any atom is 0.272 e. The first-order valence-corrected chi connectivity index (χ1v) is 12.9. The summed E-state index contributed by atoms with van der Waals surface area (Å²) in [5.74, 6) is -0.400. The van der Waals surface area contributed by atoms with E-state index in [-0.39, 0.29) is 17.4 Å². The largest absolute Gasteiger partial charge is 0.321 e. The lowest BCUT2D eigenvalue weighted by Gasteiger charge is -2.12. The van der Waals surface area contributed by atoms with Crippen LogP contribution in [0.2, 0.25) is 5.02 Å². The molecule has 190 valence electrons. The van der Waals surface area contributed by atoms with Gasteiger partial charge in [0.15, 0.2) is 0 Å². The van der Waals surface area contributed by atoms with Gasteiger partial charge in [0.2, 0.25) is 5.91 Å². The maximum atomic E-state index is 13.2. The van der Waals surface area contributed by atoms with Crippen LogP contribution in [0.4, 0.5) is 11.5 Å². The molecule has 0 saturated heterocycles. The van der Waals surface area contributed by atoms with Gasteiger partial charge in [-0.3, -0.25) is 14.4 Å². The van der Waals surface area contributed by atoms with E-state index in [2.05, 4.69) is 20.9 Å². The Hall–Kier alpha value is -4.40. The Kier molecular flexibility index (Phi) is 9.28. The van der Waals surface area contributed by atoms with Gasteiger partial charge in [-0.1, -0.05) is 54.1 Å². The number of hydrogen-bond donors (Lipinski definition) is 3. The third-order valence-electron chi connectivity index (χ3n) is 5.15. The molecule has 7 nitrogen and oxygen atoms in total. The van der Waals surface area contributed by atoms with Crippen molar-refractivity contribution < 1.29 is 14.4 Å². The van der Waals surface area contributed by atoms with Crippen molar-refractivity contribution in [3.63, 3.8) is 0 Å². The normalized spacial score (nSPS) is 10.9. The average Bonchev–Trinajstić information content (AvgIpc) is 2.94. The molecule has 0 spiro atoms. The maximum absolute atomic E-state index is 13.2. The lowest BCUT2D eigenvalue weighted by molar-refractivity contribution is -0.114. The number of carbonyl (C=O) groups excluding carboxylic acids is 3. The second-order valence-corrected chi connectivity index (χ2v) is 9.39. The molecule has 1 aromatic heterocycles. The van der Waals surface area contributed by atoms with Crippen LogP contribution in [-0.4, -0.2) is 28.5 Å². The fourth-order valence-corrected chi connectivity index (χ4v) is 4.18. The van der Waals surface area contributed by atoms with Gasteiger partial charge in [0.1, 0.15) is 11.5 Å². The summed E-state index contributed by atoms with van der Waals surface area (Å²) in [6.45, 7) is 0. The minimum Gasteiger partial charge on any atom is -0.321 e. The number of amides is 3. The first-order chi connectivity index (χ1) is 18.5. The molecule has 0 aliphatic rings. The zero-order valence-electron chi connectivity index (χ0n) is 20.1. The summed E-state index contributed by atoms with van der Waals surface area (Å²) in [5.41, 5.74) is 1.56. The second kappa shape index (κ2) is 13.2. The van der Waals surface area contributed by atoms with E-state index in [1.165, 1.54) is 17.8 Å². The Balaban J connectivity index is 1.42. The standard InChI is InChI=1S/C29H23ClN4O3S/c30-24-11-5-4-10-21(24)18-25(33-28(36)20-8-2-1-3-9-20)29(37)32-22-13-15-23(16-14-22)38-19-27(35)34-26-12-6-7-17-31-26/h1-18H,19H2,(H,32,37)(H,33,36)(H,31,34,35)/b25-18-. The zero-order valence-corrected chi connectivity index (χ0v) is 21.6. The van der Waals surface area contributed by atoms with E-state index in [1.807, 2.05) is 0 Å². The van der Waals surface area contributed by atoms with E-state index >= 15 is 0 Å². The van der Waals surface area contributed by atoms with Crippen molar-refractivity contribution in [3.05, 3.63) is 125 Å². The van der Waals surface area contributed by atoms with E-state index < -0.39 is 11.8 Å². The highest BCUT2D eigenvalue weighted by Crippen LogP contribution is 2.22. The van der Waals surface area contributed by atoms with Crippen molar-refractivity contribution in [1.29, 1.82) is 0 Å². The SMILES string of the molecule is O=C(CSc1ccc(NC(=O)/C(=C/c2ccccc2Cl)NC(=O)c2ccccc2)cc1)Nc1ccccn1. The van der Waals surface area contributed by atoms with Gasteiger partial charge in [-0.15, -0.1) is 11.8 Å². The molecule has 3 amide bonds. The van der Waals surface area contributed by atoms with Crippen LogP contribution in [0.1, 0.15) is 15.9 Å². The lowest BCUT2D eigenvalue weighted by Crippen LogP contribution is -2.30. The summed E-state index contributed by atoms with van der Waals surface area (Å²) in [6.07, 6.45) is 3.14. The Labute approximate surface area is 229 Å². The van der Waals surface area contributed by atoms with Crippen molar-refractivity contribution in [2.75, 3.05) is 16.4 Å². The predicted molar refractivity (Wildman–Crippen MR) is 152 cm³/mol. The van der Waals surface area contributed by atoms with E-state index in [1.54, 1.807) is 103 Å². The van der Waals surface area contributed by atoms with Gasteiger partial charge in [-0.25, -0.2) is 4.98 Å². The number of hydrogen-bond acceptors (Lipinski definition) is 5. The molecule has 0 atom stereocenters. The molecule has 0 radical (unpaired) electrons. The number of nitrogens with one attached hydrogen (secondary N) is 3. The molecule has 0 saturated carbocycles. The Morgan fingerprint density at radius 2 is 1.53 bits per heavy atom. The second-order valence-electron chi connectivity index (χ2n) is 7.93. The molecular weight excluding hydrogens is 520 g/mol.